The maximum atomic E-state index is 12.6. The minimum absolute atomic E-state index is 0.122. The van der Waals surface area contributed by atoms with Crippen LogP contribution < -0.4 is 15.5 Å². The predicted octanol–water partition coefficient (Wildman–Crippen LogP) is 0.0928. The number of pyridine rings is 1. The number of carbonyl (C=O) groups is 3. The van der Waals surface area contributed by atoms with Crippen molar-refractivity contribution in [2.75, 3.05) is 4.90 Å². The van der Waals surface area contributed by atoms with Crippen molar-refractivity contribution in [3.63, 3.8) is 0 Å². The first kappa shape index (κ1) is 13.0. The summed E-state index contributed by atoms with van der Waals surface area (Å²) in [7, 11) is 0. The number of nitrogens with zero attached hydrogens (tertiary/aromatic N) is 2. The summed E-state index contributed by atoms with van der Waals surface area (Å²) >= 11 is 0. The van der Waals surface area contributed by atoms with Gasteiger partial charge in [-0.05, 0) is 37.5 Å². The van der Waals surface area contributed by atoms with Gasteiger partial charge in [0.15, 0.2) is 0 Å². The lowest BCUT2D eigenvalue weighted by molar-refractivity contribution is -0.132. The topological polar surface area (TPSA) is 91.4 Å². The molecule has 2 aliphatic heterocycles. The van der Waals surface area contributed by atoms with Gasteiger partial charge in [-0.25, -0.2) is 4.98 Å². The summed E-state index contributed by atoms with van der Waals surface area (Å²) in [4.78, 5) is 42.8. The van der Waals surface area contributed by atoms with Gasteiger partial charge >= 0.3 is 0 Å². The molecule has 1 spiro atoms. The lowest BCUT2D eigenvalue weighted by Crippen LogP contribution is -2.74. The van der Waals surface area contributed by atoms with Gasteiger partial charge in [0, 0.05) is 18.3 Å². The molecule has 1 saturated carbocycles. The molecule has 1 aromatic rings. The Morgan fingerprint density at radius 1 is 1.32 bits per heavy atom. The summed E-state index contributed by atoms with van der Waals surface area (Å²) in [5.74, 6) is -0.873. The molecule has 0 radical (unpaired) electrons. The number of hydrogen-bond acceptors (Lipinski definition) is 5. The van der Waals surface area contributed by atoms with Crippen LogP contribution in [0.4, 0.5) is 5.82 Å². The molecule has 1 unspecified atom stereocenters. The zero-order chi connectivity index (χ0) is 15.5. The molecule has 0 aromatic carbocycles. The van der Waals surface area contributed by atoms with Crippen molar-refractivity contribution < 1.29 is 14.4 Å². The average Bonchev–Trinajstić information content (AvgIpc) is 3.29. The van der Waals surface area contributed by atoms with Crippen molar-refractivity contribution in [3.05, 3.63) is 35.5 Å². The third kappa shape index (κ3) is 1.56. The van der Waals surface area contributed by atoms with Crippen LogP contribution in [-0.4, -0.2) is 34.4 Å². The van der Waals surface area contributed by atoms with Crippen molar-refractivity contribution in [3.8, 4) is 0 Å². The van der Waals surface area contributed by atoms with Crippen LogP contribution in [0.15, 0.2) is 30.0 Å². The van der Waals surface area contributed by atoms with E-state index in [-0.39, 0.29) is 11.9 Å². The molecule has 3 heterocycles. The van der Waals surface area contributed by atoms with Gasteiger partial charge < -0.3 is 10.2 Å². The summed E-state index contributed by atoms with van der Waals surface area (Å²) in [6.45, 7) is 1.68. The number of imide groups is 1. The Morgan fingerprint density at radius 2 is 2.09 bits per heavy atom. The van der Waals surface area contributed by atoms with E-state index in [1.165, 1.54) is 6.08 Å². The molecule has 112 valence electrons. The molecule has 1 fully saturated rings. The maximum Gasteiger partial charge on any atom is 0.278 e. The largest absolute Gasteiger partial charge is 0.318 e. The highest BCUT2D eigenvalue weighted by Gasteiger charge is 2.57. The molecule has 2 N–H and O–H groups in total. The first-order valence-electron chi connectivity index (χ1n) is 7.15. The van der Waals surface area contributed by atoms with E-state index in [0.29, 0.717) is 17.0 Å². The van der Waals surface area contributed by atoms with Crippen LogP contribution in [-0.2, 0) is 9.59 Å². The highest BCUT2D eigenvalue weighted by molar-refractivity contribution is 6.15. The van der Waals surface area contributed by atoms with E-state index in [4.69, 9.17) is 0 Å². The number of rotatable bonds is 1. The predicted molar refractivity (Wildman–Crippen MR) is 76.8 cm³/mol. The molecule has 1 aromatic heterocycles. The molecule has 3 amide bonds. The summed E-state index contributed by atoms with van der Waals surface area (Å²) in [6.07, 6.45) is 4.79. The third-order valence-corrected chi connectivity index (χ3v) is 4.31. The van der Waals surface area contributed by atoms with Crippen LogP contribution in [0.3, 0.4) is 0 Å². The standard InChI is InChI=1S/C15H14N4O3/c1-8-7-11(20)17-14(22)15(8)18-13(21)10-3-2-6-16-12(10)19(15)9-4-5-9/h2-3,6-7,9H,4-5H2,1H3,(H,18,21)(H,17,20,22). The van der Waals surface area contributed by atoms with E-state index in [0.717, 1.165) is 12.8 Å². The number of nitrogens with one attached hydrogen (secondary N) is 2. The van der Waals surface area contributed by atoms with Crippen LogP contribution >= 0.6 is 0 Å². The number of anilines is 1. The molecule has 0 saturated heterocycles. The fourth-order valence-corrected chi connectivity index (χ4v) is 3.17. The normalized spacial score (nSPS) is 27.2. The Balaban J connectivity index is 1.97. The van der Waals surface area contributed by atoms with Crippen molar-refractivity contribution in [1.29, 1.82) is 0 Å². The molecule has 7 heteroatoms. The summed E-state index contributed by atoms with van der Waals surface area (Å²) < 4.78 is 0. The second-order valence-electron chi connectivity index (χ2n) is 5.79. The second-order valence-corrected chi connectivity index (χ2v) is 5.79. The highest BCUT2D eigenvalue weighted by Crippen LogP contribution is 2.43. The first-order chi connectivity index (χ1) is 10.5. The van der Waals surface area contributed by atoms with Gasteiger partial charge in [0.1, 0.15) is 5.82 Å². The lowest BCUT2D eigenvalue weighted by Gasteiger charge is -2.48. The minimum atomic E-state index is -1.37. The number of fused-ring (bicyclic) bond motifs is 1. The second kappa shape index (κ2) is 4.16. The molecule has 0 bridgehead atoms. The van der Waals surface area contributed by atoms with Gasteiger partial charge in [-0.3, -0.25) is 19.7 Å². The number of carbonyl (C=O) groups excluding carboxylic acids is 3. The van der Waals surface area contributed by atoms with E-state index < -0.39 is 17.5 Å². The van der Waals surface area contributed by atoms with Crippen LogP contribution in [0, 0.1) is 0 Å². The molecule has 4 rings (SSSR count). The van der Waals surface area contributed by atoms with E-state index in [9.17, 15) is 14.4 Å². The molecule has 1 aliphatic carbocycles. The first-order valence-corrected chi connectivity index (χ1v) is 7.15. The van der Waals surface area contributed by atoms with Gasteiger partial charge in [-0.1, -0.05) is 0 Å². The average molecular weight is 298 g/mol. The Labute approximate surface area is 126 Å². The summed E-state index contributed by atoms with van der Waals surface area (Å²) in [5, 5.41) is 5.09. The zero-order valence-electron chi connectivity index (χ0n) is 11.9. The van der Waals surface area contributed by atoms with Crippen molar-refractivity contribution >= 4 is 23.5 Å². The van der Waals surface area contributed by atoms with Gasteiger partial charge in [0.2, 0.25) is 5.66 Å². The fourth-order valence-electron chi connectivity index (χ4n) is 3.17. The van der Waals surface area contributed by atoms with Crippen LogP contribution in [0.1, 0.15) is 30.1 Å². The lowest BCUT2D eigenvalue weighted by atomic mass is 9.90. The van der Waals surface area contributed by atoms with Crippen molar-refractivity contribution in [2.24, 2.45) is 0 Å². The van der Waals surface area contributed by atoms with Gasteiger partial charge in [0.25, 0.3) is 17.7 Å². The Morgan fingerprint density at radius 3 is 2.77 bits per heavy atom. The maximum absolute atomic E-state index is 12.6. The quantitative estimate of drug-likeness (QED) is 0.717. The Hall–Kier alpha value is -2.70. The Bertz CT molecular complexity index is 753. The molecule has 3 aliphatic rings. The van der Waals surface area contributed by atoms with E-state index in [2.05, 4.69) is 15.6 Å². The highest BCUT2D eigenvalue weighted by atomic mass is 16.2. The summed E-state index contributed by atoms with van der Waals surface area (Å²) in [5.41, 5.74) is -0.427. The number of hydrogen-bond donors (Lipinski definition) is 2. The summed E-state index contributed by atoms with van der Waals surface area (Å²) in [6, 6.07) is 3.50. The molecular weight excluding hydrogens is 284 g/mol. The molecule has 7 nitrogen and oxygen atoms in total. The van der Waals surface area contributed by atoms with Crippen LogP contribution in [0.5, 0.6) is 0 Å². The zero-order valence-corrected chi connectivity index (χ0v) is 11.9. The molecule has 22 heavy (non-hydrogen) atoms. The van der Waals surface area contributed by atoms with E-state index in [1.807, 2.05) is 4.90 Å². The third-order valence-electron chi connectivity index (χ3n) is 4.31. The molecular formula is C15H14N4O3. The SMILES string of the molecule is CC1=CC(=O)NC(=O)C12NC(=O)c1cccnc1N2C1CC1. The Kier molecular flexibility index (Phi) is 2.46. The van der Waals surface area contributed by atoms with E-state index in [1.54, 1.807) is 25.3 Å². The fraction of sp³-hybridized carbons (Fsp3) is 0.333. The van der Waals surface area contributed by atoms with Gasteiger partial charge in [0.05, 0.1) is 5.56 Å². The van der Waals surface area contributed by atoms with Gasteiger partial charge in [-0.15, -0.1) is 0 Å². The van der Waals surface area contributed by atoms with Crippen LogP contribution in [0.25, 0.3) is 0 Å². The monoisotopic (exact) mass is 298 g/mol. The van der Waals surface area contributed by atoms with Crippen LogP contribution in [0.2, 0.25) is 0 Å². The molecule has 1 atom stereocenters. The number of amides is 3. The van der Waals surface area contributed by atoms with Crippen molar-refractivity contribution in [1.82, 2.24) is 15.6 Å². The minimum Gasteiger partial charge on any atom is -0.318 e. The van der Waals surface area contributed by atoms with Gasteiger partial charge in [-0.2, -0.15) is 0 Å². The van der Waals surface area contributed by atoms with Crippen molar-refractivity contribution in [2.45, 2.75) is 31.5 Å². The number of aromatic nitrogens is 1. The smallest absolute Gasteiger partial charge is 0.278 e. The van der Waals surface area contributed by atoms with E-state index >= 15 is 0 Å².